The van der Waals surface area contributed by atoms with Crippen LogP contribution in [-0.2, 0) is 19.0 Å². The number of carbonyl (C=O) groups is 2. The van der Waals surface area contributed by atoms with E-state index in [1.165, 1.54) is 6.92 Å². The molecule has 1 aromatic carbocycles. The smallest absolute Gasteiger partial charge is 0.338 e. The summed E-state index contributed by atoms with van der Waals surface area (Å²) in [6.07, 6.45) is -1.46. The van der Waals surface area contributed by atoms with Crippen LogP contribution in [-0.4, -0.2) is 57.3 Å². The van der Waals surface area contributed by atoms with Gasteiger partial charge in [0.2, 0.25) is 0 Å². The highest BCUT2D eigenvalue weighted by atomic mass is 16.6. The third-order valence-electron chi connectivity index (χ3n) is 7.98. The quantitative estimate of drug-likeness (QED) is 0.708. The summed E-state index contributed by atoms with van der Waals surface area (Å²) in [5.41, 5.74) is -4.39. The van der Waals surface area contributed by atoms with Gasteiger partial charge in [0.1, 0.15) is 17.8 Å². The summed E-state index contributed by atoms with van der Waals surface area (Å²) >= 11 is 0. The van der Waals surface area contributed by atoms with Crippen LogP contribution in [0.15, 0.2) is 30.3 Å². The van der Waals surface area contributed by atoms with Crippen LogP contribution >= 0.6 is 0 Å². The lowest BCUT2D eigenvalue weighted by Crippen LogP contribution is -2.78. The van der Waals surface area contributed by atoms with Gasteiger partial charge in [0.05, 0.1) is 28.3 Å². The number of esters is 2. The van der Waals surface area contributed by atoms with Gasteiger partial charge in [0, 0.05) is 12.8 Å². The average molecular weight is 433 g/mol. The lowest BCUT2D eigenvalue weighted by molar-refractivity contribution is -0.326. The maximum Gasteiger partial charge on any atom is 0.338 e. The summed E-state index contributed by atoms with van der Waals surface area (Å²) in [6.45, 7) is 8.54. The lowest BCUT2D eigenvalue weighted by atomic mass is 9.47. The highest BCUT2D eigenvalue weighted by Crippen LogP contribution is 2.67. The van der Waals surface area contributed by atoms with Gasteiger partial charge in [-0.2, -0.15) is 0 Å². The van der Waals surface area contributed by atoms with E-state index in [1.807, 2.05) is 19.9 Å². The molecule has 1 heterocycles. The van der Waals surface area contributed by atoms with Gasteiger partial charge in [-0.15, -0.1) is 0 Å². The van der Waals surface area contributed by atoms with Crippen molar-refractivity contribution in [3.05, 3.63) is 35.9 Å². The molecule has 2 N–H and O–H groups in total. The first-order valence-electron chi connectivity index (χ1n) is 10.9. The minimum Gasteiger partial charge on any atom is -0.462 e. The van der Waals surface area contributed by atoms with Crippen molar-refractivity contribution in [1.82, 2.24) is 0 Å². The Morgan fingerprint density at radius 2 is 1.71 bits per heavy atom. The summed E-state index contributed by atoms with van der Waals surface area (Å²) in [5.74, 6) is -1.31. The number of rotatable bonds is 3. The Kier molecular flexibility index (Phi) is 5.04. The molecule has 1 aliphatic heterocycles. The largest absolute Gasteiger partial charge is 0.462 e. The number of ether oxygens (including phenoxy) is 3. The summed E-state index contributed by atoms with van der Waals surface area (Å²) in [5, 5.41) is 23.1. The van der Waals surface area contributed by atoms with E-state index in [4.69, 9.17) is 14.2 Å². The van der Waals surface area contributed by atoms with Crippen LogP contribution in [0.2, 0.25) is 0 Å². The Balaban J connectivity index is 1.82. The summed E-state index contributed by atoms with van der Waals surface area (Å²) in [4.78, 5) is 25.0. The molecule has 3 fully saturated rings. The first kappa shape index (κ1) is 22.2. The van der Waals surface area contributed by atoms with Crippen LogP contribution in [0, 0.1) is 11.3 Å². The molecule has 7 heteroatoms. The second kappa shape index (κ2) is 7.02. The fraction of sp³-hybridized carbons (Fsp3) is 0.667. The average Bonchev–Trinajstić information content (AvgIpc) is 2.85. The van der Waals surface area contributed by atoms with Crippen LogP contribution in [0.25, 0.3) is 0 Å². The van der Waals surface area contributed by atoms with E-state index >= 15 is 0 Å². The Labute approximate surface area is 182 Å². The minimum absolute atomic E-state index is 0.266. The molecule has 1 spiro atoms. The summed E-state index contributed by atoms with van der Waals surface area (Å²) in [7, 11) is 0. The third kappa shape index (κ3) is 2.97. The van der Waals surface area contributed by atoms with Crippen molar-refractivity contribution < 1.29 is 34.0 Å². The van der Waals surface area contributed by atoms with Gasteiger partial charge in [-0.3, -0.25) is 4.79 Å². The second-order valence-electron chi connectivity index (χ2n) is 10.2. The molecule has 3 aliphatic rings. The monoisotopic (exact) mass is 432 g/mol. The van der Waals surface area contributed by atoms with E-state index in [9.17, 15) is 19.8 Å². The topological polar surface area (TPSA) is 102 Å². The number of benzene rings is 1. The van der Waals surface area contributed by atoms with Crippen LogP contribution in [0.1, 0.15) is 64.2 Å². The van der Waals surface area contributed by atoms with Crippen LogP contribution < -0.4 is 0 Å². The summed E-state index contributed by atoms with van der Waals surface area (Å²) < 4.78 is 18.3. The van der Waals surface area contributed by atoms with Gasteiger partial charge >= 0.3 is 11.9 Å². The van der Waals surface area contributed by atoms with Crippen molar-refractivity contribution in [2.24, 2.45) is 11.3 Å². The van der Waals surface area contributed by atoms with Gasteiger partial charge in [0.15, 0.2) is 0 Å². The van der Waals surface area contributed by atoms with Crippen molar-refractivity contribution in [2.45, 2.75) is 89.0 Å². The Morgan fingerprint density at radius 3 is 2.32 bits per heavy atom. The van der Waals surface area contributed by atoms with Gasteiger partial charge in [-0.25, -0.2) is 4.79 Å². The molecule has 170 valence electrons. The first-order chi connectivity index (χ1) is 14.4. The standard InChI is InChI=1S/C24H32O7/c1-14(25)29-18-13-16-19(26)24(31-21(16,2)3)22(4,28)12-11-17(23(18,24)5)30-20(27)15-9-7-6-8-10-15/h6-10,16-19,26,28H,11-13H2,1-5H3. The molecule has 0 aromatic heterocycles. The normalized spacial score (nSPS) is 43.1. The number of carbonyl (C=O) groups excluding carboxylic acids is 2. The predicted molar refractivity (Wildman–Crippen MR) is 111 cm³/mol. The zero-order valence-corrected chi connectivity index (χ0v) is 18.8. The molecule has 0 amide bonds. The fourth-order valence-electron chi connectivity index (χ4n) is 6.45. The van der Waals surface area contributed by atoms with E-state index in [0.717, 1.165) is 0 Å². The van der Waals surface area contributed by atoms with Crippen LogP contribution in [0.3, 0.4) is 0 Å². The molecule has 4 rings (SSSR count). The maximum atomic E-state index is 12.9. The number of hydrogen-bond donors (Lipinski definition) is 2. The Hall–Kier alpha value is -1.96. The zero-order chi connectivity index (χ0) is 22.8. The van der Waals surface area contributed by atoms with E-state index in [0.29, 0.717) is 18.4 Å². The van der Waals surface area contributed by atoms with Crippen molar-refractivity contribution >= 4 is 11.9 Å². The molecule has 2 saturated carbocycles. The Bertz CT molecular complexity index is 879. The SMILES string of the molecule is CC(=O)OC1CC2C(O)C3(OC2(C)C)C(C)(O)CCC(OC(=O)c2ccccc2)C13C. The molecular formula is C24H32O7. The summed E-state index contributed by atoms with van der Waals surface area (Å²) in [6, 6.07) is 8.66. The van der Waals surface area contributed by atoms with Gasteiger partial charge < -0.3 is 24.4 Å². The van der Waals surface area contributed by atoms with Gasteiger partial charge in [-0.1, -0.05) is 18.2 Å². The van der Waals surface area contributed by atoms with Crippen molar-refractivity contribution in [3.8, 4) is 0 Å². The molecule has 7 nitrogen and oxygen atoms in total. The van der Waals surface area contributed by atoms with E-state index in [-0.39, 0.29) is 12.3 Å². The van der Waals surface area contributed by atoms with E-state index in [1.54, 1.807) is 38.1 Å². The molecule has 31 heavy (non-hydrogen) atoms. The van der Waals surface area contributed by atoms with E-state index < -0.39 is 52.5 Å². The number of aliphatic hydroxyl groups is 2. The fourth-order valence-corrected chi connectivity index (χ4v) is 6.45. The Morgan fingerprint density at radius 1 is 1.06 bits per heavy atom. The second-order valence-corrected chi connectivity index (χ2v) is 10.2. The van der Waals surface area contributed by atoms with Crippen LogP contribution in [0.5, 0.6) is 0 Å². The number of fused-ring (bicyclic) bond motifs is 1. The van der Waals surface area contributed by atoms with Crippen molar-refractivity contribution in [2.75, 3.05) is 0 Å². The zero-order valence-electron chi connectivity index (χ0n) is 18.8. The van der Waals surface area contributed by atoms with Crippen molar-refractivity contribution in [1.29, 1.82) is 0 Å². The molecular weight excluding hydrogens is 400 g/mol. The van der Waals surface area contributed by atoms with Crippen molar-refractivity contribution in [3.63, 3.8) is 0 Å². The molecule has 7 unspecified atom stereocenters. The number of hydrogen-bond acceptors (Lipinski definition) is 7. The highest BCUT2D eigenvalue weighted by molar-refractivity contribution is 5.89. The molecule has 1 aromatic rings. The van der Waals surface area contributed by atoms with E-state index in [2.05, 4.69) is 0 Å². The maximum absolute atomic E-state index is 12.9. The molecule has 2 aliphatic carbocycles. The molecule has 7 atom stereocenters. The van der Waals surface area contributed by atoms with Gasteiger partial charge in [-0.05, 0) is 59.1 Å². The third-order valence-corrected chi connectivity index (χ3v) is 7.98. The molecule has 1 saturated heterocycles. The van der Waals surface area contributed by atoms with Crippen LogP contribution in [0.4, 0.5) is 0 Å². The minimum atomic E-state index is -1.47. The molecule has 2 bridgehead atoms. The first-order valence-corrected chi connectivity index (χ1v) is 10.9. The number of aliphatic hydroxyl groups excluding tert-OH is 1. The van der Waals surface area contributed by atoms with Gasteiger partial charge in [0.25, 0.3) is 0 Å². The molecule has 0 radical (unpaired) electrons. The predicted octanol–water partition coefficient (Wildman–Crippen LogP) is 2.62. The lowest BCUT2D eigenvalue weighted by Gasteiger charge is -2.63. The highest BCUT2D eigenvalue weighted by Gasteiger charge is 2.81.